The molecule has 0 atom stereocenters. The Hall–Kier alpha value is -1.65. The molecule has 100 valence electrons. The monoisotopic (exact) mass is 274 g/mol. The van der Waals surface area contributed by atoms with Crippen LogP contribution < -0.4 is 10.6 Å². The molecule has 1 aromatic carbocycles. The van der Waals surface area contributed by atoms with Gasteiger partial charge in [0, 0.05) is 5.69 Å². The highest BCUT2D eigenvalue weighted by Crippen LogP contribution is 2.08. The van der Waals surface area contributed by atoms with Crippen molar-refractivity contribution in [1.82, 2.24) is 5.32 Å². The molecule has 0 aliphatic rings. The van der Waals surface area contributed by atoms with Crippen LogP contribution in [0.5, 0.6) is 0 Å². The van der Waals surface area contributed by atoms with Crippen LogP contribution in [-0.4, -0.2) is 19.0 Å². The largest absolute Gasteiger partial charge is 0.325 e. The zero-order valence-corrected chi connectivity index (χ0v) is 11.8. The van der Waals surface area contributed by atoms with E-state index in [1.54, 1.807) is 11.3 Å². The Morgan fingerprint density at radius 2 is 2.00 bits per heavy atom. The van der Waals surface area contributed by atoms with Gasteiger partial charge in [-0.25, -0.2) is 0 Å². The summed E-state index contributed by atoms with van der Waals surface area (Å²) in [6.45, 7) is 3.19. The highest BCUT2D eigenvalue weighted by atomic mass is 32.1. The molecular formula is C15H18N2OS. The SMILES string of the molecule is Cc1ccc(NC(=O)CNCCc2ccsc2)cc1. The maximum absolute atomic E-state index is 11.7. The highest BCUT2D eigenvalue weighted by Gasteiger charge is 2.01. The average molecular weight is 274 g/mol. The van der Waals surface area contributed by atoms with Gasteiger partial charge in [-0.2, -0.15) is 11.3 Å². The molecule has 19 heavy (non-hydrogen) atoms. The van der Waals surface area contributed by atoms with Gasteiger partial charge in [0.05, 0.1) is 6.54 Å². The lowest BCUT2D eigenvalue weighted by Gasteiger charge is -2.06. The number of anilines is 1. The van der Waals surface area contributed by atoms with E-state index in [-0.39, 0.29) is 5.91 Å². The number of amides is 1. The molecule has 0 aliphatic carbocycles. The number of hydrogen-bond acceptors (Lipinski definition) is 3. The lowest BCUT2D eigenvalue weighted by Crippen LogP contribution is -2.29. The molecule has 0 saturated heterocycles. The van der Waals surface area contributed by atoms with E-state index in [9.17, 15) is 4.79 Å². The van der Waals surface area contributed by atoms with Gasteiger partial charge in [-0.3, -0.25) is 4.79 Å². The minimum absolute atomic E-state index is 0.00540. The van der Waals surface area contributed by atoms with Crippen molar-refractivity contribution in [3.05, 3.63) is 52.2 Å². The third kappa shape index (κ3) is 4.85. The van der Waals surface area contributed by atoms with Gasteiger partial charge in [0.15, 0.2) is 0 Å². The molecule has 2 aromatic rings. The van der Waals surface area contributed by atoms with Gasteiger partial charge in [-0.05, 0) is 54.4 Å². The van der Waals surface area contributed by atoms with Crippen molar-refractivity contribution >= 4 is 22.9 Å². The predicted octanol–water partition coefficient (Wildman–Crippen LogP) is 2.83. The third-order valence-electron chi connectivity index (χ3n) is 2.79. The summed E-state index contributed by atoms with van der Waals surface area (Å²) >= 11 is 1.70. The van der Waals surface area contributed by atoms with E-state index in [1.807, 2.05) is 31.2 Å². The number of aryl methyl sites for hydroxylation is 1. The predicted molar refractivity (Wildman–Crippen MR) is 80.7 cm³/mol. The topological polar surface area (TPSA) is 41.1 Å². The first-order valence-corrected chi connectivity index (χ1v) is 7.26. The van der Waals surface area contributed by atoms with Gasteiger partial charge in [-0.15, -0.1) is 0 Å². The van der Waals surface area contributed by atoms with E-state index >= 15 is 0 Å². The Morgan fingerprint density at radius 3 is 2.68 bits per heavy atom. The van der Waals surface area contributed by atoms with Crippen LogP contribution in [0.15, 0.2) is 41.1 Å². The summed E-state index contributed by atoms with van der Waals surface area (Å²) in [6.07, 6.45) is 0.960. The molecule has 0 fully saturated rings. The van der Waals surface area contributed by atoms with Gasteiger partial charge in [0.2, 0.25) is 5.91 Å². The molecule has 0 aliphatic heterocycles. The van der Waals surface area contributed by atoms with E-state index in [0.29, 0.717) is 6.54 Å². The highest BCUT2D eigenvalue weighted by molar-refractivity contribution is 7.07. The van der Waals surface area contributed by atoms with Crippen LogP contribution in [0, 0.1) is 6.92 Å². The second-order valence-corrected chi connectivity index (χ2v) is 5.25. The second kappa shape index (κ2) is 7.07. The first-order valence-electron chi connectivity index (χ1n) is 6.32. The van der Waals surface area contributed by atoms with Crippen molar-refractivity contribution in [2.75, 3.05) is 18.4 Å². The molecule has 0 unspecified atom stereocenters. The molecule has 4 heteroatoms. The summed E-state index contributed by atoms with van der Waals surface area (Å²) in [5, 5.41) is 10.2. The Morgan fingerprint density at radius 1 is 1.21 bits per heavy atom. The van der Waals surface area contributed by atoms with Gasteiger partial charge < -0.3 is 10.6 Å². The number of nitrogens with one attached hydrogen (secondary N) is 2. The zero-order chi connectivity index (χ0) is 13.5. The lowest BCUT2D eigenvalue weighted by molar-refractivity contribution is -0.115. The van der Waals surface area contributed by atoms with E-state index in [1.165, 1.54) is 11.1 Å². The lowest BCUT2D eigenvalue weighted by atomic mass is 10.2. The van der Waals surface area contributed by atoms with Crippen LogP contribution in [-0.2, 0) is 11.2 Å². The van der Waals surface area contributed by atoms with Crippen molar-refractivity contribution in [2.24, 2.45) is 0 Å². The second-order valence-electron chi connectivity index (χ2n) is 4.47. The first-order chi connectivity index (χ1) is 9.24. The van der Waals surface area contributed by atoms with E-state index in [4.69, 9.17) is 0 Å². The Balaban J connectivity index is 1.65. The Kier molecular flexibility index (Phi) is 5.12. The molecule has 0 spiro atoms. The van der Waals surface area contributed by atoms with Gasteiger partial charge in [0.25, 0.3) is 0 Å². The quantitative estimate of drug-likeness (QED) is 0.795. The third-order valence-corrected chi connectivity index (χ3v) is 3.52. The maximum Gasteiger partial charge on any atom is 0.238 e. The first kappa shape index (κ1) is 13.8. The summed E-state index contributed by atoms with van der Waals surface area (Å²) in [4.78, 5) is 11.7. The van der Waals surface area contributed by atoms with Crippen molar-refractivity contribution in [3.63, 3.8) is 0 Å². The molecule has 0 bridgehead atoms. The summed E-state index contributed by atoms with van der Waals surface area (Å²) in [5.41, 5.74) is 3.35. The summed E-state index contributed by atoms with van der Waals surface area (Å²) < 4.78 is 0. The molecule has 1 aromatic heterocycles. The fourth-order valence-electron chi connectivity index (χ4n) is 1.71. The zero-order valence-electron chi connectivity index (χ0n) is 11.0. The number of carbonyl (C=O) groups is 1. The van der Waals surface area contributed by atoms with Crippen LogP contribution in [0.3, 0.4) is 0 Å². The molecular weight excluding hydrogens is 256 g/mol. The standard InChI is InChI=1S/C15H18N2OS/c1-12-2-4-14(5-3-12)17-15(18)10-16-8-6-13-7-9-19-11-13/h2-5,7,9,11,16H,6,8,10H2,1H3,(H,17,18). The Bertz CT molecular complexity index is 505. The van der Waals surface area contributed by atoms with Gasteiger partial charge in [-0.1, -0.05) is 17.7 Å². The number of thiophene rings is 1. The summed E-state index contributed by atoms with van der Waals surface area (Å²) in [5.74, 6) is -0.00540. The normalized spacial score (nSPS) is 10.4. The van der Waals surface area contributed by atoms with Crippen molar-refractivity contribution in [3.8, 4) is 0 Å². The molecule has 2 rings (SSSR count). The van der Waals surface area contributed by atoms with Crippen LogP contribution in [0.25, 0.3) is 0 Å². The fraction of sp³-hybridized carbons (Fsp3) is 0.267. The smallest absolute Gasteiger partial charge is 0.238 e. The minimum atomic E-state index is -0.00540. The van der Waals surface area contributed by atoms with E-state index < -0.39 is 0 Å². The molecule has 2 N–H and O–H groups in total. The Labute approximate surface area is 117 Å². The summed E-state index contributed by atoms with van der Waals surface area (Å²) in [7, 11) is 0. The van der Waals surface area contributed by atoms with Crippen LogP contribution >= 0.6 is 11.3 Å². The number of rotatable bonds is 6. The number of carbonyl (C=O) groups excluding carboxylic acids is 1. The molecule has 0 radical (unpaired) electrons. The van der Waals surface area contributed by atoms with E-state index in [0.717, 1.165) is 18.7 Å². The minimum Gasteiger partial charge on any atom is -0.325 e. The fourth-order valence-corrected chi connectivity index (χ4v) is 2.41. The van der Waals surface area contributed by atoms with Crippen molar-refractivity contribution in [1.29, 1.82) is 0 Å². The number of hydrogen-bond donors (Lipinski definition) is 2. The van der Waals surface area contributed by atoms with Gasteiger partial charge >= 0.3 is 0 Å². The van der Waals surface area contributed by atoms with Crippen LogP contribution in [0.1, 0.15) is 11.1 Å². The van der Waals surface area contributed by atoms with Crippen LogP contribution in [0.4, 0.5) is 5.69 Å². The average Bonchev–Trinajstić information content (AvgIpc) is 2.91. The van der Waals surface area contributed by atoms with Crippen LogP contribution in [0.2, 0.25) is 0 Å². The van der Waals surface area contributed by atoms with E-state index in [2.05, 4.69) is 27.5 Å². The number of benzene rings is 1. The molecule has 3 nitrogen and oxygen atoms in total. The van der Waals surface area contributed by atoms with Gasteiger partial charge in [0.1, 0.15) is 0 Å². The molecule has 1 heterocycles. The summed E-state index contributed by atoms with van der Waals surface area (Å²) in [6, 6.07) is 9.91. The van der Waals surface area contributed by atoms with Crippen molar-refractivity contribution < 1.29 is 4.79 Å². The van der Waals surface area contributed by atoms with Crippen molar-refractivity contribution in [2.45, 2.75) is 13.3 Å². The maximum atomic E-state index is 11.7. The molecule has 0 saturated carbocycles. The molecule has 1 amide bonds.